The first-order valence-electron chi connectivity index (χ1n) is 4.99. The number of aliphatic hydroxyl groups is 2. The molecule has 0 spiro atoms. The number of ketones is 1. The summed E-state index contributed by atoms with van der Waals surface area (Å²) in [5.74, 6) is -2.23. The lowest BCUT2D eigenvalue weighted by Gasteiger charge is -2.29. The molecule has 0 fully saturated rings. The average molecular weight is 237 g/mol. The predicted molar refractivity (Wildman–Crippen MR) is 56.6 cm³/mol. The van der Waals surface area contributed by atoms with Gasteiger partial charge >= 0.3 is 5.97 Å². The molecule has 4 N–H and O–H groups in total. The molecule has 0 aromatic heterocycles. The molecule has 0 saturated heterocycles. The highest BCUT2D eigenvalue weighted by molar-refractivity contribution is 5.95. The number of rotatable bonds is 2. The number of allylic oxidation sites excluding steroid dienone is 1. The summed E-state index contributed by atoms with van der Waals surface area (Å²) >= 11 is 0. The van der Waals surface area contributed by atoms with E-state index in [0.717, 1.165) is 6.08 Å². The molecule has 0 aromatic rings. The maximum Gasteiger partial charge on any atom is 0.315 e. The Morgan fingerprint density at radius 3 is 2.94 bits per heavy atom. The second kappa shape index (κ2) is 3.83. The van der Waals surface area contributed by atoms with Crippen molar-refractivity contribution in [3.8, 4) is 0 Å². The summed E-state index contributed by atoms with van der Waals surface area (Å²) in [5.41, 5.74) is 3.39. The van der Waals surface area contributed by atoms with E-state index in [1.807, 2.05) is 0 Å². The topological polar surface area (TPSA) is 110 Å². The van der Waals surface area contributed by atoms with Crippen LogP contribution in [0.2, 0.25) is 0 Å². The van der Waals surface area contributed by atoms with Crippen molar-refractivity contribution in [1.82, 2.24) is 0 Å². The van der Waals surface area contributed by atoms with E-state index in [9.17, 15) is 19.8 Å². The van der Waals surface area contributed by atoms with E-state index >= 15 is 0 Å². The summed E-state index contributed by atoms with van der Waals surface area (Å²) in [7, 11) is 0. The number of aliphatic hydroxyl groups excluding tert-OH is 1. The third kappa shape index (κ3) is 1.67. The van der Waals surface area contributed by atoms with Crippen LogP contribution in [0.25, 0.3) is 0 Å². The molecule has 0 amide bonds. The van der Waals surface area contributed by atoms with Crippen LogP contribution in [0.4, 0.5) is 0 Å². The number of carbonyl (C=O) groups excluding carboxylic acids is 2. The SMILES string of the molecule is NCC(=O)C1(O)C=CC2=CCC(=O)OC2=C1O. The number of ether oxygens (including phenoxy) is 1. The van der Waals surface area contributed by atoms with Crippen molar-refractivity contribution in [2.24, 2.45) is 5.73 Å². The van der Waals surface area contributed by atoms with Gasteiger partial charge in [-0.2, -0.15) is 0 Å². The van der Waals surface area contributed by atoms with E-state index in [-0.39, 0.29) is 12.2 Å². The third-order valence-electron chi connectivity index (χ3n) is 2.66. The summed E-state index contributed by atoms with van der Waals surface area (Å²) in [6.07, 6.45) is 4.17. The molecule has 1 unspecified atom stereocenters. The first-order valence-corrected chi connectivity index (χ1v) is 4.99. The zero-order chi connectivity index (χ0) is 12.6. The normalized spacial score (nSPS) is 27.4. The van der Waals surface area contributed by atoms with Crippen molar-refractivity contribution in [1.29, 1.82) is 0 Å². The van der Waals surface area contributed by atoms with Gasteiger partial charge < -0.3 is 20.7 Å². The number of carbonyl (C=O) groups is 2. The third-order valence-corrected chi connectivity index (χ3v) is 2.66. The van der Waals surface area contributed by atoms with Gasteiger partial charge in [0.15, 0.2) is 17.3 Å². The van der Waals surface area contributed by atoms with Crippen molar-refractivity contribution in [2.75, 3.05) is 6.54 Å². The van der Waals surface area contributed by atoms with Gasteiger partial charge in [0, 0.05) is 5.57 Å². The van der Waals surface area contributed by atoms with Crippen LogP contribution in [-0.2, 0) is 14.3 Å². The zero-order valence-corrected chi connectivity index (χ0v) is 8.84. The van der Waals surface area contributed by atoms with Crippen LogP contribution >= 0.6 is 0 Å². The number of fused-ring (bicyclic) bond motifs is 1. The Morgan fingerprint density at radius 1 is 1.59 bits per heavy atom. The monoisotopic (exact) mass is 237 g/mol. The van der Waals surface area contributed by atoms with E-state index < -0.39 is 29.7 Å². The van der Waals surface area contributed by atoms with Crippen LogP contribution in [0.1, 0.15) is 6.42 Å². The van der Waals surface area contributed by atoms with Gasteiger partial charge in [-0.05, 0) is 6.08 Å². The largest absolute Gasteiger partial charge is 0.505 e. The molecule has 6 heteroatoms. The van der Waals surface area contributed by atoms with E-state index in [4.69, 9.17) is 10.5 Å². The van der Waals surface area contributed by atoms with Crippen molar-refractivity contribution in [2.45, 2.75) is 12.0 Å². The van der Waals surface area contributed by atoms with E-state index in [2.05, 4.69) is 0 Å². The van der Waals surface area contributed by atoms with Crippen LogP contribution in [0, 0.1) is 0 Å². The van der Waals surface area contributed by atoms with Crippen molar-refractivity contribution >= 4 is 11.8 Å². The lowest BCUT2D eigenvalue weighted by atomic mass is 9.87. The Kier molecular flexibility index (Phi) is 2.60. The molecule has 90 valence electrons. The fraction of sp³-hybridized carbons (Fsp3) is 0.273. The quantitative estimate of drug-likeness (QED) is 0.556. The predicted octanol–water partition coefficient (Wildman–Crippen LogP) is -0.542. The Bertz CT molecular complexity index is 488. The number of hydrogen-bond acceptors (Lipinski definition) is 6. The fourth-order valence-electron chi connectivity index (χ4n) is 1.67. The van der Waals surface area contributed by atoms with E-state index in [1.54, 1.807) is 6.08 Å². The molecule has 0 radical (unpaired) electrons. The molecular weight excluding hydrogens is 226 g/mol. The van der Waals surface area contributed by atoms with Crippen LogP contribution < -0.4 is 5.73 Å². The second-order valence-electron chi connectivity index (χ2n) is 3.74. The van der Waals surface area contributed by atoms with Crippen molar-refractivity contribution < 1.29 is 24.5 Å². The van der Waals surface area contributed by atoms with Gasteiger partial charge in [0.25, 0.3) is 0 Å². The molecule has 6 nitrogen and oxygen atoms in total. The minimum Gasteiger partial charge on any atom is -0.505 e. The second-order valence-corrected chi connectivity index (χ2v) is 3.74. The van der Waals surface area contributed by atoms with Gasteiger partial charge in [0.05, 0.1) is 13.0 Å². The first kappa shape index (κ1) is 11.6. The maximum absolute atomic E-state index is 11.5. The Morgan fingerprint density at radius 2 is 2.29 bits per heavy atom. The lowest BCUT2D eigenvalue weighted by molar-refractivity contribution is -0.140. The fourth-order valence-corrected chi connectivity index (χ4v) is 1.67. The van der Waals surface area contributed by atoms with Crippen LogP contribution in [0.5, 0.6) is 0 Å². The average Bonchev–Trinajstić information content (AvgIpc) is 2.33. The van der Waals surface area contributed by atoms with Crippen LogP contribution in [0.3, 0.4) is 0 Å². The molecule has 2 aliphatic rings. The highest BCUT2D eigenvalue weighted by Crippen LogP contribution is 2.34. The van der Waals surface area contributed by atoms with Gasteiger partial charge in [-0.25, -0.2) is 0 Å². The Labute approximate surface area is 96.7 Å². The summed E-state index contributed by atoms with van der Waals surface area (Å²) in [6, 6.07) is 0. The van der Waals surface area contributed by atoms with Gasteiger partial charge in [0.2, 0.25) is 5.60 Å². The molecule has 0 aromatic carbocycles. The molecule has 2 rings (SSSR count). The summed E-state index contributed by atoms with van der Waals surface area (Å²) < 4.78 is 4.81. The highest BCUT2D eigenvalue weighted by Gasteiger charge is 2.43. The maximum atomic E-state index is 11.5. The summed E-state index contributed by atoms with van der Waals surface area (Å²) in [5, 5.41) is 19.8. The summed E-state index contributed by atoms with van der Waals surface area (Å²) in [6.45, 7) is -0.439. The van der Waals surface area contributed by atoms with Crippen LogP contribution in [0.15, 0.2) is 35.3 Å². The van der Waals surface area contributed by atoms with E-state index in [0.29, 0.717) is 5.57 Å². The minimum atomic E-state index is -2.21. The zero-order valence-electron chi connectivity index (χ0n) is 8.84. The molecule has 1 atom stereocenters. The molecule has 1 aliphatic heterocycles. The molecule has 0 saturated carbocycles. The van der Waals surface area contributed by atoms with Gasteiger partial charge in [0.1, 0.15) is 0 Å². The Hall–Kier alpha value is -1.92. The van der Waals surface area contributed by atoms with Crippen molar-refractivity contribution in [3.63, 3.8) is 0 Å². The highest BCUT2D eigenvalue weighted by atomic mass is 16.5. The number of esters is 1. The lowest BCUT2D eigenvalue weighted by Crippen LogP contribution is -2.45. The molecule has 1 heterocycles. The smallest absolute Gasteiger partial charge is 0.315 e. The number of hydrogen-bond donors (Lipinski definition) is 3. The standard InChI is InChI=1S/C11H11NO5/c12-5-7(13)11(16)4-3-6-1-2-8(14)17-9(6)10(11)15/h1,3-4,15-16H,2,5,12H2. The van der Waals surface area contributed by atoms with Gasteiger partial charge in [-0.15, -0.1) is 0 Å². The van der Waals surface area contributed by atoms with E-state index in [1.165, 1.54) is 6.08 Å². The van der Waals surface area contributed by atoms with Crippen LogP contribution in [-0.4, -0.2) is 34.1 Å². The first-order chi connectivity index (χ1) is 7.99. The molecule has 17 heavy (non-hydrogen) atoms. The Balaban J connectivity index is 2.50. The number of nitrogens with two attached hydrogens (primary N) is 1. The number of Topliss-reactive ketones (excluding diaryl/α,β-unsaturated/α-hetero) is 1. The molecule has 0 bridgehead atoms. The van der Waals surface area contributed by atoms with Gasteiger partial charge in [-0.1, -0.05) is 12.2 Å². The molecular formula is C11H11NO5. The van der Waals surface area contributed by atoms with Crippen molar-refractivity contribution in [3.05, 3.63) is 35.3 Å². The minimum absolute atomic E-state index is 0.0831. The molecule has 1 aliphatic carbocycles. The summed E-state index contributed by atoms with van der Waals surface area (Å²) in [4.78, 5) is 22.6. The van der Waals surface area contributed by atoms with Gasteiger partial charge in [-0.3, -0.25) is 9.59 Å².